The summed E-state index contributed by atoms with van der Waals surface area (Å²) in [5.74, 6) is -2.86. The number of aromatic nitrogens is 1. The van der Waals surface area contributed by atoms with Crippen molar-refractivity contribution in [3.05, 3.63) is 65.6 Å². The van der Waals surface area contributed by atoms with Gasteiger partial charge in [0.05, 0.1) is 5.52 Å². The number of carbonyl (C=O) groups is 2. The summed E-state index contributed by atoms with van der Waals surface area (Å²) < 4.78 is 13.1. The van der Waals surface area contributed by atoms with Gasteiger partial charge in [0.2, 0.25) is 5.78 Å². The summed E-state index contributed by atoms with van der Waals surface area (Å²) in [6, 6.07) is 11.7. The Morgan fingerprint density at radius 3 is 2.56 bits per heavy atom. The molecule has 1 aromatic heterocycles. The molecule has 0 amide bonds. The van der Waals surface area contributed by atoms with Crippen molar-refractivity contribution in [1.29, 1.82) is 0 Å². The van der Waals surface area contributed by atoms with Gasteiger partial charge in [0.1, 0.15) is 12.2 Å². The van der Waals surface area contributed by atoms with Gasteiger partial charge in [-0.15, -0.1) is 0 Å². The van der Waals surface area contributed by atoms with E-state index in [1.807, 2.05) is 0 Å². The van der Waals surface area contributed by atoms with Crippen molar-refractivity contribution >= 4 is 28.3 Å². The second kappa shape index (κ2) is 6.56. The lowest BCUT2D eigenvalue weighted by atomic mass is 10.1. The summed E-state index contributed by atoms with van der Waals surface area (Å²) in [6.45, 7) is -0.237. The standard InChI is InChI=1S/C18H13FN2O4/c19-13-5-2-11(7-16(13)22)18(25)14-6-3-10-1-4-12(8-15(10)21-14)20-9-17(23)24/h1-8,20,22H,9H2,(H,23,24). The fourth-order valence-electron chi connectivity index (χ4n) is 2.33. The van der Waals surface area contributed by atoms with Crippen LogP contribution in [0.3, 0.4) is 0 Å². The van der Waals surface area contributed by atoms with Crippen LogP contribution < -0.4 is 5.32 Å². The molecule has 0 spiro atoms. The molecule has 0 radical (unpaired) electrons. The molecule has 0 aliphatic carbocycles. The van der Waals surface area contributed by atoms with Crippen molar-refractivity contribution in [2.45, 2.75) is 0 Å². The minimum absolute atomic E-state index is 0.117. The predicted molar refractivity (Wildman–Crippen MR) is 89.4 cm³/mol. The Balaban J connectivity index is 1.94. The van der Waals surface area contributed by atoms with Crippen molar-refractivity contribution in [2.24, 2.45) is 0 Å². The van der Waals surface area contributed by atoms with Crippen molar-refractivity contribution in [1.82, 2.24) is 4.98 Å². The maximum Gasteiger partial charge on any atom is 0.322 e. The van der Waals surface area contributed by atoms with E-state index in [1.165, 1.54) is 12.1 Å². The van der Waals surface area contributed by atoms with E-state index in [9.17, 15) is 19.1 Å². The van der Waals surface area contributed by atoms with Crippen LogP contribution in [0.2, 0.25) is 0 Å². The number of nitrogens with zero attached hydrogens (tertiary/aromatic N) is 1. The zero-order chi connectivity index (χ0) is 18.0. The molecule has 3 aromatic rings. The van der Waals surface area contributed by atoms with Crippen LogP contribution in [0.25, 0.3) is 10.9 Å². The minimum Gasteiger partial charge on any atom is -0.505 e. The number of carboxylic acids is 1. The number of aliphatic carboxylic acids is 1. The topological polar surface area (TPSA) is 99.5 Å². The first-order chi connectivity index (χ1) is 11.9. The summed E-state index contributed by atoms with van der Waals surface area (Å²) in [4.78, 5) is 27.4. The number of halogens is 1. The third kappa shape index (κ3) is 3.55. The number of pyridine rings is 1. The van der Waals surface area contributed by atoms with Gasteiger partial charge in [0.25, 0.3) is 0 Å². The van der Waals surface area contributed by atoms with Crippen molar-refractivity contribution in [2.75, 3.05) is 11.9 Å². The Morgan fingerprint density at radius 2 is 1.84 bits per heavy atom. The Hall–Kier alpha value is -3.48. The molecule has 0 unspecified atom stereocenters. The van der Waals surface area contributed by atoms with E-state index < -0.39 is 23.3 Å². The quantitative estimate of drug-likeness (QED) is 0.618. The van der Waals surface area contributed by atoms with E-state index in [-0.39, 0.29) is 17.8 Å². The van der Waals surface area contributed by atoms with Crippen LogP contribution in [0.4, 0.5) is 10.1 Å². The number of fused-ring (bicyclic) bond motifs is 1. The van der Waals surface area contributed by atoms with Crippen LogP contribution in [0.15, 0.2) is 48.5 Å². The highest BCUT2D eigenvalue weighted by molar-refractivity contribution is 6.08. The molecule has 25 heavy (non-hydrogen) atoms. The lowest BCUT2D eigenvalue weighted by molar-refractivity contribution is -0.134. The molecule has 0 aliphatic rings. The van der Waals surface area contributed by atoms with E-state index in [1.54, 1.807) is 24.3 Å². The van der Waals surface area contributed by atoms with Crippen molar-refractivity contribution < 1.29 is 24.2 Å². The highest BCUT2D eigenvalue weighted by Crippen LogP contribution is 2.21. The first-order valence-corrected chi connectivity index (χ1v) is 7.34. The molecular formula is C18H13FN2O4. The zero-order valence-corrected chi connectivity index (χ0v) is 12.9. The van der Waals surface area contributed by atoms with Gasteiger partial charge in [-0.3, -0.25) is 9.59 Å². The van der Waals surface area contributed by atoms with Crippen LogP contribution in [0.1, 0.15) is 16.1 Å². The summed E-state index contributed by atoms with van der Waals surface area (Å²) in [7, 11) is 0. The molecule has 2 aromatic carbocycles. The number of nitrogens with one attached hydrogen (secondary N) is 1. The van der Waals surface area contributed by atoms with Crippen molar-refractivity contribution in [3.8, 4) is 5.75 Å². The van der Waals surface area contributed by atoms with Gasteiger partial charge in [-0.1, -0.05) is 12.1 Å². The van der Waals surface area contributed by atoms with Gasteiger partial charge in [-0.2, -0.15) is 0 Å². The summed E-state index contributed by atoms with van der Waals surface area (Å²) in [6.07, 6.45) is 0. The monoisotopic (exact) mass is 340 g/mol. The first kappa shape index (κ1) is 16.4. The van der Waals surface area contributed by atoms with Gasteiger partial charge in [-0.05, 0) is 36.4 Å². The summed E-state index contributed by atoms with van der Waals surface area (Å²) >= 11 is 0. The Kier molecular flexibility index (Phi) is 4.30. The minimum atomic E-state index is -0.992. The maximum atomic E-state index is 13.1. The smallest absolute Gasteiger partial charge is 0.322 e. The summed E-state index contributed by atoms with van der Waals surface area (Å²) in [5, 5.41) is 21.6. The number of hydrogen-bond donors (Lipinski definition) is 3. The van der Waals surface area contributed by atoms with Gasteiger partial charge >= 0.3 is 5.97 Å². The molecular weight excluding hydrogens is 327 g/mol. The number of phenolic OH excluding ortho intramolecular Hbond substituents is 1. The molecule has 126 valence electrons. The molecule has 0 fully saturated rings. The maximum absolute atomic E-state index is 13.1. The average molecular weight is 340 g/mol. The highest BCUT2D eigenvalue weighted by atomic mass is 19.1. The first-order valence-electron chi connectivity index (χ1n) is 7.34. The average Bonchev–Trinajstić information content (AvgIpc) is 2.61. The molecule has 1 heterocycles. The fraction of sp³-hybridized carbons (Fsp3) is 0.0556. The molecule has 0 saturated carbocycles. The number of hydrogen-bond acceptors (Lipinski definition) is 5. The molecule has 7 heteroatoms. The van der Waals surface area contributed by atoms with Gasteiger partial charge in [0.15, 0.2) is 11.6 Å². The molecule has 6 nitrogen and oxygen atoms in total. The van der Waals surface area contributed by atoms with Crippen LogP contribution in [-0.4, -0.2) is 33.5 Å². The number of ketones is 1. The molecule has 3 N–H and O–H groups in total. The van der Waals surface area contributed by atoms with Gasteiger partial charge < -0.3 is 15.5 Å². The molecule has 0 bridgehead atoms. The molecule has 3 rings (SSSR count). The number of carboxylic acid groups (broad SMARTS) is 1. The second-order valence-electron chi connectivity index (χ2n) is 5.35. The highest BCUT2D eigenvalue weighted by Gasteiger charge is 2.14. The van der Waals surface area contributed by atoms with Gasteiger partial charge in [0, 0.05) is 16.6 Å². The Bertz CT molecular complexity index is 988. The lowest BCUT2D eigenvalue weighted by Gasteiger charge is -2.07. The normalized spacial score (nSPS) is 10.6. The predicted octanol–water partition coefficient (Wildman–Crippen LogP) is 2.81. The van der Waals surface area contributed by atoms with Crippen molar-refractivity contribution in [3.63, 3.8) is 0 Å². The summed E-state index contributed by atoms with van der Waals surface area (Å²) in [5.41, 5.74) is 1.32. The van der Waals surface area contributed by atoms with E-state index in [0.717, 1.165) is 17.5 Å². The van der Waals surface area contributed by atoms with E-state index in [2.05, 4.69) is 10.3 Å². The zero-order valence-electron chi connectivity index (χ0n) is 12.9. The Labute approximate surface area is 141 Å². The number of rotatable bonds is 5. The number of benzene rings is 2. The molecule has 0 atom stereocenters. The fourth-order valence-corrected chi connectivity index (χ4v) is 2.33. The number of aromatic hydroxyl groups is 1. The number of carbonyl (C=O) groups excluding carboxylic acids is 1. The van der Waals surface area contributed by atoms with Gasteiger partial charge in [-0.25, -0.2) is 9.37 Å². The van der Waals surface area contributed by atoms with E-state index in [0.29, 0.717) is 11.2 Å². The Morgan fingerprint density at radius 1 is 1.08 bits per heavy atom. The van der Waals surface area contributed by atoms with E-state index in [4.69, 9.17) is 5.11 Å². The molecule has 0 saturated heterocycles. The van der Waals surface area contributed by atoms with E-state index >= 15 is 0 Å². The largest absolute Gasteiger partial charge is 0.505 e. The molecule has 0 aliphatic heterocycles. The van der Waals surface area contributed by atoms with Crippen LogP contribution in [0, 0.1) is 5.82 Å². The lowest BCUT2D eigenvalue weighted by Crippen LogP contribution is -2.12. The van der Waals surface area contributed by atoms with Crippen LogP contribution in [-0.2, 0) is 4.79 Å². The second-order valence-corrected chi connectivity index (χ2v) is 5.35. The third-order valence-electron chi connectivity index (χ3n) is 3.58. The van der Waals surface area contributed by atoms with Crippen LogP contribution >= 0.6 is 0 Å². The number of anilines is 1. The number of phenols is 1. The SMILES string of the molecule is O=C(O)CNc1ccc2ccc(C(=O)c3ccc(F)c(O)c3)nc2c1. The third-order valence-corrected chi connectivity index (χ3v) is 3.58. The van der Waals surface area contributed by atoms with Crippen LogP contribution in [0.5, 0.6) is 5.75 Å².